The van der Waals surface area contributed by atoms with Crippen LogP contribution in [0.15, 0.2) is 36.5 Å². The van der Waals surface area contributed by atoms with E-state index < -0.39 is 17.7 Å². The Bertz CT molecular complexity index is 1430. The molecule has 0 fully saturated rings. The Morgan fingerprint density at radius 2 is 1.89 bits per heavy atom. The number of anilines is 1. The SMILES string of the molecule is CC(C)(C)OC(=O)N1CCc2ncc(N3CCc4c(C(=O)O)nn(-c5cccc(Cl)c5)c4C3=O)cc2C1. The first-order valence-corrected chi connectivity index (χ1v) is 12.3. The van der Waals surface area contributed by atoms with Crippen molar-refractivity contribution in [2.24, 2.45) is 0 Å². The number of fused-ring (bicyclic) bond motifs is 2. The van der Waals surface area contributed by atoms with Crippen molar-refractivity contribution < 1.29 is 24.2 Å². The number of aromatic nitrogens is 3. The summed E-state index contributed by atoms with van der Waals surface area (Å²) >= 11 is 6.15. The minimum absolute atomic E-state index is 0.153. The highest BCUT2D eigenvalue weighted by atomic mass is 35.5. The smallest absolute Gasteiger partial charge is 0.410 e. The zero-order valence-corrected chi connectivity index (χ0v) is 21.4. The zero-order valence-electron chi connectivity index (χ0n) is 20.7. The van der Waals surface area contributed by atoms with Crippen LogP contribution < -0.4 is 4.90 Å². The van der Waals surface area contributed by atoms with Crippen LogP contribution in [0.4, 0.5) is 10.5 Å². The summed E-state index contributed by atoms with van der Waals surface area (Å²) < 4.78 is 6.86. The number of hydrogen-bond donors (Lipinski definition) is 1. The summed E-state index contributed by atoms with van der Waals surface area (Å²) in [4.78, 5) is 46.0. The maximum atomic E-state index is 13.8. The minimum atomic E-state index is -1.20. The number of ether oxygens (including phenoxy) is 1. The van der Waals surface area contributed by atoms with Gasteiger partial charge in [-0.15, -0.1) is 0 Å². The highest BCUT2D eigenvalue weighted by Crippen LogP contribution is 2.31. The molecule has 0 saturated heterocycles. The van der Waals surface area contributed by atoms with Crippen LogP contribution in [0.5, 0.6) is 0 Å². The largest absolute Gasteiger partial charge is 0.476 e. The Balaban J connectivity index is 1.48. The molecule has 4 heterocycles. The first-order valence-electron chi connectivity index (χ1n) is 11.9. The molecule has 37 heavy (non-hydrogen) atoms. The Hall–Kier alpha value is -3.92. The number of aromatic carboxylic acids is 1. The van der Waals surface area contributed by atoms with Gasteiger partial charge in [0.1, 0.15) is 11.3 Å². The van der Waals surface area contributed by atoms with E-state index in [0.717, 1.165) is 11.3 Å². The summed E-state index contributed by atoms with van der Waals surface area (Å²) in [6.45, 7) is 6.55. The average molecular weight is 524 g/mol. The van der Waals surface area contributed by atoms with Gasteiger partial charge >= 0.3 is 12.1 Å². The van der Waals surface area contributed by atoms with Gasteiger partial charge in [0, 0.05) is 35.8 Å². The number of carboxylic acids is 1. The summed E-state index contributed by atoms with van der Waals surface area (Å²) in [6.07, 6.45) is 2.14. The summed E-state index contributed by atoms with van der Waals surface area (Å²) in [6, 6.07) is 8.59. The number of nitrogens with zero attached hydrogens (tertiary/aromatic N) is 5. The third kappa shape index (κ3) is 4.76. The number of hydrogen-bond acceptors (Lipinski definition) is 6. The monoisotopic (exact) mass is 523 g/mol. The van der Waals surface area contributed by atoms with Crippen LogP contribution in [0.25, 0.3) is 5.69 Å². The van der Waals surface area contributed by atoms with Crippen LogP contribution in [-0.4, -0.2) is 61.4 Å². The molecule has 0 radical (unpaired) electrons. The van der Waals surface area contributed by atoms with Gasteiger partial charge in [0.15, 0.2) is 5.69 Å². The van der Waals surface area contributed by atoms with Gasteiger partial charge in [-0.05, 0) is 57.0 Å². The molecule has 1 N–H and O–H groups in total. The lowest BCUT2D eigenvalue weighted by molar-refractivity contribution is 0.0222. The lowest BCUT2D eigenvalue weighted by Gasteiger charge is -2.32. The topological polar surface area (TPSA) is 118 Å². The number of halogens is 1. The number of carboxylic acid groups (broad SMARTS) is 1. The van der Waals surface area contributed by atoms with Gasteiger partial charge in [0.05, 0.1) is 24.1 Å². The lowest BCUT2D eigenvalue weighted by Crippen LogP contribution is -2.41. The van der Waals surface area contributed by atoms with Crippen molar-refractivity contribution in [1.29, 1.82) is 0 Å². The minimum Gasteiger partial charge on any atom is -0.476 e. The van der Waals surface area contributed by atoms with E-state index in [4.69, 9.17) is 16.3 Å². The molecule has 2 aliphatic heterocycles. The van der Waals surface area contributed by atoms with Crippen molar-refractivity contribution >= 4 is 35.3 Å². The highest BCUT2D eigenvalue weighted by molar-refractivity contribution is 6.30. The second kappa shape index (κ2) is 9.19. The van der Waals surface area contributed by atoms with E-state index in [0.29, 0.717) is 47.9 Å². The molecular weight excluding hydrogens is 498 g/mol. The highest BCUT2D eigenvalue weighted by Gasteiger charge is 2.36. The van der Waals surface area contributed by atoms with E-state index in [1.54, 1.807) is 40.3 Å². The molecule has 11 heteroatoms. The van der Waals surface area contributed by atoms with Gasteiger partial charge in [-0.3, -0.25) is 9.78 Å². The predicted octanol–water partition coefficient (Wildman–Crippen LogP) is 4.12. The fraction of sp³-hybridized carbons (Fsp3) is 0.346. The van der Waals surface area contributed by atoms with E-state index in [9.17, 15) is 19.5 Å². The Morgan fingerprint density at radius 1 is 1.11 bits per heavy atom. The van der Waals surface area contributed by atoms with Crippen LogP contribution in [0.3, 0.4) is 0 Å². The van der Waals surface area contributed by atoms with Gasteiger partial charge in [-0.1, -0.05) is 17.7 Å². The van der Waals surface area contributed by atoms with Crippen molar-refractivity contribution in [3.63, 3.8) is 0 Å². The van der Waals surface area contributed by atoms with Gasteiger partial charge < -0.3 is 19.6 Å². The van der Waals surface area contributed by atoms with Crippen molar-refractivity contribution in [3.05, 3.63) is 69.8 Å². The second-order valence-electron chi connectivity index (χ2n) is 10.0. The number of benzene rings is 1. The molecular formula is C26H26ClN5O5. The fourth-order valence-corrected chi connectivity index (χ4v) is 4.80. The number of pyridine rings is 1. The van der Waals surface area contributed by atoms with Gasteiger partial charge in [0.25, 0.3) is 5.91 Å². The van der Waals surface area contributed by atoms with Crippen molar-refractivity contribution in [3.8, 4) is 5.69 Å². The molecule has 0 bridgehead atoms. The van der Waals surface area contributed by atoms with Gasteiger partial charge in [0.2, 0.25) is 0 Å². The number of carbonyl (C=O) groups is 3. The predicted molar refractivity (Wildman–Crippen MR) is 135 cm³/mol. The molecule has 1 aromatic carbocycles. The lowest BCUT2D eigenvalue weighted by atomic mass is 10.0. The van der Waals surface area contributed by atoms with Crippen LogP contribution in [-0.2, 0) is 24.1 Å². The summed E-state index contributed by atoms with van der Waals surface area (Å²) in [7, 11) is 0. The number of rotatable bonds is 3. The maximum absolute atomic E-state index is 13.8. The van der Waals surface area contributed by atoms with Crippen LogP contribution in [0.1, 0.15) is 58.6 Å². The van der Waals surface area contributed by atoms with Gasteiger partial charge in [-0.25, -0.2) is 14.3 Å². The Morgan fingerprint density at radius 3 is 2.59 bits per heavy atom. The van der Waals surface area contributed by atoms with Crippen molar-refractivity contribution in [2.45, 2.75) is 45.8 Å². The summed E-state index contributed by atoms with van der Waals surface area (Å²) in [5, 5.41) is 14.4. The molecule has 2 amide bonds. The Kier molecular flexibility index (Phi) is 6.15. The molecule has 0 atom stereocenters. The molecule has 192 valence electrons. The van der Waals surface area contributed by atoms with E-state index in [2.05, 4.69) is 10.1 Å². The summed E-state index contributed by atoms with van der Waals surface area (Å²) in [5.74, 6) is -1.58. The normalized spacial score (nSPS) is 15.3. The number of carbonyl (C=O) groups excluding carboxylic acids is 2. The molecule has 0 aliphatic carbocycles. The molecule has 0 spiro atoms. The molecule has 2 aliphatic rings. The molecule has 2 aromatic heterocycles. The Labute approximate surface area is 218 Å². The van der Waals surface area contributed by atoms with Crippen LogP contribution >= 0.6 is 11.6 Å². The van der Waals surface area contributed by atoms with E-state index in [1.807, 2.05) is 26.8 Å². The van der Waals surface area contributed by atoms with Gasteiger partial charge in [-0.2, -0.15) is 5.10 Å². The average Bonchev–Trinajstić information content (AvgIpc) is 3.23. The second-order valence-corrected chi connectivity index (χ2v) is 10.5. The van der Waals surface area contributed by atoms with Crippen LogP contribution in [0, 0.1) is 0 Å². The van der Waals surface area contributed by atoms with E-state index in [1.165, 1.54) is 4.68 Å². The first-order chi connectivity index (χ1) is 17.5. The van der Waals surface area contributed by atoms with Crippen molar-refractivity contribution in [1.82, 2.24) is 19.7 Å². The van der Waals surface area contributed by atoms with Crippen molar-refractivity contribution in [2.75, 3.05) is 18.0 Å². The molecule has 0 unspecified atom stereocenters. The third-order valence-electron chi connectivity index (χ3n) is 6.26. The van der Waals surface area contributed by atoms with E-state index >= 15 is 0 Å². The maximum Gasteiger partial charge on any atom is 0.410 e. The molecule has 0 saturated carbocycles. The molecule has 3 aromatic rings. The van der Waals surface area contributed by atoms with Crippen LogP contribution in [0.2, 0.25) is 5.02 Å². The fourth-order valence-electron chi connectivity index (χ4n) is 4.62. The van der Waals surface area contributed by atoms with E-state index in [-0.39, 0.29) is 23.8 Å². The quantitative estimate of drug-likeness (QED) is 0.548. The molecule has 5 rings (SSSR count). The number of amides is 2. The molecule has 10 nitrogen and oxygen atoms in total. The first kappa shape index (κ1) is 24.8. The zero-order chi connectivity index (χ0) is 26.5. The summed E-state index contributed by atoms with van der Waals surface area (Å²) in [5.41, 5.74) is 2.57. The standard InChI is InChI=1S/C26H26ClN5O5/c1-26(2,3)37-25(36)30-9-8-20-15(14-30)11-18(13-28-20)31-10-7-19-21(24(34)35)29-32(22(19)23(31)33)17-6-4-5-16(27)12-17/h4-6,11-13H,7-10,14H2,1-3H3,(H,34,35). The third-order valence-corrected chi connectivity index (χ3v) is 6.50.